The fourth-order valence-corrected chi connectivity index (χ4v) is 4.83. The number of carbonyl (C=O) groups excluding carboxylic acids is 3. The Morgan fingerprint density at radius 2 is 1.97 bits per heavy atom. The first-order chi connectivity index (χ1) is 18.6. The molecule has 1 aliphatic rings. The van der Waals surface area contributed by atoms with E-state index < -0.39 is 5.91 Å². The van der Waals surface area contributed by atoms with Gasteiger partial charge in [-0.05, 0) is 57.4 Å². The molecule has 0 aliphatic carbocycles. The molecule has 0 unspecified atom stereocenters. The van der Waals surface area contributed by atoms with Crippen LogP contribution in [0.5, 0.6) is 0 Å². The Morgan fingerprint density at radius 3 is 2.67 bits per heavy atom. The van der Waals surface area contributed by atoms with Crippen molar-refractivity contribution in [2.45, 2.75) is 40.3 Å². The van der Waals surface area contributed by atoms with E-state index in [9.17, 15) is 14.4 Å². The minimum absolute atomic E-state index is 0.0208. The van der Waals surface area contributed by atoms with Crippen molar-refractivity contribution in [2.24, 2.45) is 22.4 Å². The lowest BCUT2D eigenvalue weighted by Gasteiger charge is -2.22. The van der Waals surface area contributed by atoms with Gasteiger partial charge in [0, 0.05) is 45.3 Å². The maximum atomic E-state index is 13.2. The fraction of sp³-hybridized carbons (Fsp3) is 0.462. The number of anilines is 1. The number of aryl methyl sites for hydroxylation is 2. The highest BCUT2D eigenvalue weighted by atomic mass is 16.2. The van der Waals surface area contributed by atoms with Crippen molar-refractivity contribution in [1.82, 2.24) is 29.1 Å². The average molecular weight is 537 g/mol. The third-order valence-electron chi connectivity index (χ3n) is 6.86. The number of likely N-dealkylation sites (tertiary alicyclic amines) is 1. The van der Waals surface area contributed by atoms with Crippen molar-refractivity contribution in [1.29, 1.82) is 0 Å². The van der Waals surface area contributed by atoms with Crippen LogP contribution in [0.3, 0.4) is 0 Å². The Hall–Kier alpha value is -4.42. The zero-order valence-corrected chi connectivity index (χ0v) is 22.8. The molecular formula is C26H36N10O3. The van der Waals surface area contributed by atoms with Crippen LogP contribution in [-0.2, 0) is 17.9 Å². The number of fused-ring (bicyclic) bond motifs is 1. The van der Waals surface area contributed by atoms with Gasteiger partial charge in [-0.1, -0.05) is 0 Å². The molecule has 3 heterocycles. The minimum atomic E-state index is -0.557. The summed E-state index contributed by atoms with van der Waals surface area (Å²) in [6, 6.07) is 6.77. The van der Waals surface area contributed by atoms with Gasteiger partial charge >= 0.3 is 0 Å². The Bertz CT molecular complexity index is 1420. The molecule has 1 atom stereocenters. The van der Waals surface area contributed by atoms with E-state index >= 15 is 0 Å². The molecule has 39 heavy (non-hydrogen) atoms. The standard InChI is InChI=1S/C26H36N10O3/c1-5-29-25(28)33(4)15-22(37)34-10-9-17(13-34)14-35-20-8-7-18(23(27)38)12-19(20)30-26(35)31-24(39)21-11-16(3)32-36(21)6-2/h7-8,11-12,17H,5-6,9-10,13-15H2,1-4H3,(H2,27,38)(H2,28,29)(H,30,31,39)/t17-/m0/s1. The van der Waals surface area contributed by atoms with Crippen LogP contribution in [0.2, 0.25) is 0 Å². The summed E-state index contributed by atoms with van der Waals surface area (Å²) in [5, 5.41) is 7.29. The van der Waals surface area contributed by atoms with Crippen LogP contribution in [0.1, 0.15) is 46.8 Å². The van der Waals surface area contributed by atoms with Gasteiger partial charge in [-0.2, -0.15) is 5.10 Å². The molecule has 0 spiro atoms. The molecule has 3 amide bonds. The highest BCUT2D eigenvalue weighted by Gasteiger charge is 2.29. The van der Waals surface area contributed by atoms with E-state index in [-0.39, 0.29) is 24.3 Å². The summed E-state index contributed by atoms with van der Waals surface area (Å²) in [5.74, 6) is -0.0885. The summed E-state index contributed by atoms with van der Waals surface area (Å²) in [5.41, 5.74) is 14.2. The first kappa shape index (κ1) is 27.6. The van der Waals surface area contributed by atoms with Crippen LogP contribution < -0.4 is 16.8 Å². The number of aliphatic imine (C=N–C) groups is 1. The topological polar surface area (TPSA) is 170 Å². The number of nitrogens with two attached hydrogens (primary N) is 2. The Kier molecular flexibility index (Phi) is 8.17. The van der Waals surface area contributed by atoms with E-state index in [0.717, 1.165) is 17.6 Å². The maximum absolute atomic E-state index is 13.2. The van der Waals surface area contributed by atoms with E-state index in [1.165, 1.54) is 0 Å². The summed E-state index contributed by atoms with van der Waals surface area (Å²) in [6.45, 7) is 8.59. The number of imidazole rings is 1. The molecular weight excluding hydrogens is 500 g/mol. The number of hydrogen-bond acceptors (Lipinski definition) is 6. The van der Waals surface area contributed by atoms with Gasteiger partial charge in [0.2, 0.25) is 17.8 Å². The number of rotatable bonds is 9. The van der Waals surface area contributed by atoms with E-state index in [0.29, 0.717) is 61.4 Å². The first-order valence-corrected chi connectivity index (χ1v) is 13.1. The number of nitrogens with zero attached hydrogens (tertiary/aromatic N) is 7. The Balaban J connectivity index is 1.56. The second-order valence-corrected chi connectivity index (χ2v) is 9.74. The molecule has 2 aromatic heterocycles. The second kappa shape index (κ2) is 11.5. The van der Waals surface area contributed by atoms with E-state index in [1.807, 2.05) is 30.2 Å². The monoisotopic (exact) mass is 536 g/mol. The number of aromatic nitrogens is 4. The number of carbonyl (C=O) groups is 3. The molecule has 1 aliphatic heterocycles. The molecule has 0 saturated carbocycles. The lowest BCUT2D eigenvalue weighted by molar-refractivity contribution is -0.130. The normalized spacial score (nSPS) is 15.6. The van der Waals surface area contributed by atoms with Crippen LogP contribution in [0.25, 0.3) is 11.0 Å². The van der Waals surface area contributed by atoms with E-state index in [2.05, 4.69) is 20.4 Å². The largest absolute Gasteiger partial charge is 0.370 e. The van der Waals surface area contributed by atoms with Gasteiger partial charge in [-0.3, -0.25) is 29.4 Å². The van der Waals surface area contributed by atoms with Gasteiger partial charge < -0.3 is 25.8 Å². The summed E-state index contributed by atoms with van der Waals surface area (Å²) in [7, 11) is 1.75. The van der Waals surface area contributed by atoms with Crippen molar-refractivity contribution in [3.05, 3.63) is 41.2 Å². The predicted octanol–water partition coefficient (Wildman–Crippen LogP) is 1.03. The first-order valence-electron chi connectivity index (χ1n) is 13.1. The molecule has 208 valence electrons. The lowest BCUT2D eigenvalue weighted by Crippen LogP contribution is -2.43. The average Bonchev–Trinajstić information content (AvgIpc) is 3.61. The fourth-order valence-electron chi connectivity index (χ4n) is 4.83. The van der Waals surface area contributed by atoms with Crippen LogP contribution >= 0.6 is 0 Å². The van der Waals surface area contributed by atoms with Gasteiger partial charge in [0.25, 0.3) is 5.91 Å². The third-order valence-corrected chi connectivity index (χ3v) is 6.86. The van der Waals surface area contributed by atoms with Crippen molar-refractivity contribution in [2.75, 3.05) is 38.5 Å². The van der Waals surface area contributed by atoms with Crippen molar-refractivity contribution >= 4 is 40.7 Å². The SMILES string of the molecule is CCN=C(N)N(C)CC(=O)N1CC[C@H](Cn2c(NC(=O)c3cc(C)nn3CC)nc3cc(C(N)=O)ccc32)C1. The molecule has 1 saturated heterocycles. The van der Waals surface area contributed by atoms with Crippen LogP contribution in [0.4, 0.5) is 5.95 Å². The molecule has 13 nitrogen and oxygen atoms in total. The van der Waals surface area contributed by atoms with E-state index in [4.69, 9.17) is 11.5 Å². The zero-order valence-electron chi connectivity index (χ0n) is 22.8. The number of primary amides is 1. The highest BCUT2D eigenvalue weighted by molar-refractivity contribution is 6.03. The van der Waals surface area contributed by atoms with Crippen LogP contribution in [-0.4, -0.2) is 86.0 Å². The molecule has 1 aromatic carbocycles. The number of hydrogen-bond donors (Lipinski definition) is 3. The van der Waals surface area contributed by atoms with Gasteiger partial charge in [-0.15, -0.1) is 0 Å². The number of likely N-dealkylation sites (N-methyl/N-ethyl adjacent to an activating group) is 1. The lowest BCUT2D eigenvalue weighted by atomic mass is 10.1. The summed E-state index contributed by atoms with van der Waals surface area (Å²) >= 11 is 0. The third kappa shape index (κ3) is 6.02. The Morgan fingerprint density at radius 1 is 1.21 bits per heavy atom. The quantitative estimate of drug-likeness (QED) is 0.271. The maximum Gasteiger partial charge on any atom is 0.276 e. The number of amides is 3. The highest BCUT2D eigenvalue weighted by Crippen LogP contribution is 2.26. The number of benzene rings is 1. The number of guanidine groups is 1. The van der Waals surface area contributed by atoms with Crippen LogP contribution in [0, 0.1) is 12.8 Å². The summed E-state index contributed by atoms with van der Waals surface area (Å²) in [6.07, 6.45) is 0.794. The van der Waals surface area contributed by atoms with Gasteiger partial charge in [-0.25, -0.2) is 4.98 Å². The minimum Gasteiger partial charge on any atom is -0.370 e. The molecule has 13 heteroatoms. The summed E-state index contributed by atoms with van der Waals surface area (Å²) < 4.78 is 3.56. The molecule has 3 aromatic rings. The second-order valence-electron chi connectivity index (χ2n) is 9.74. The molecule has 0 radical (unpaired) electrons. The molecule has 4 rings (SSSR count). The van der Waals surface area contributed by atoms with E-state index in [1.54, 1.807) is 40.9 Å². The van der Waals surface area contributed by atoms with Gasteiger partial charge in [0.1, 0.15) is 5.69 Å². The Labute approximate surface area is 226 Å². The van der Waals surface area contributed by atoms with Crippen molar-refractivity contribution in [3.63, 3.8) is 0 Å². The smallest absolute Gasteiger partial charge is 0.276 e. The zero-order chi connectivity index (χ0) is 28.3. The number of nitrogens with one attached hydrogen (secondary N) is 1. The van der Waals surface area contributed by atoms with Crippen molar-refractivity contribution < 1.29 is 14.4 Å². The predicted molar refractivity (Wildman–Crippen MR) is 148 cm³/mol. The van der Waals surface area contributed by atoms with Crippen LogP contribution in [0.15, 0.2) is 29.3 Å². The molecule has 1 fully saturated rings. The van der Waals surface area contributed by atoms with Crippen molar-refractivity contribution in [3.8, 4) is 0 Å². The molecule has 5 N–H and O–H groups in total. The molecule has 0 bridgehead atoms. The van der Waals surface area contributed by atoms with Gasteiger partial charge in [0.15, 0.2) is 5.96 Å². The summed E-state index contributed by atoms with van der Waals surface area (Å²) in [4.78, 5) is 50.1. The van der Waals surface area contributed by atoms with Gasteiger partial charge in [0.05, 0.1) is 23.3 Å².